The molecule has 0 atom stereocenters. The fourth-order valence-corrected chi connectivity index (χ4v) is 6.15. The van der Waals surface area contributed by atoms with E-state index in [0.29, 0.717) is 50.3 Å². The molecule has 8 rings (SSSR count). The van der Waals surface area contributed by atoms with Gasteiger partial charge in [0.15, 0.2) is 40.0 Å². The molecule has 4 heterocycles. The predicted octanol–water partition coefficient (Wildman–Crippen LogP) is 10.1. The van der Waals surface area contributed by atoms with Crippen LogP contribution in [0, 0.1) is 34.6 Å². The van der Waals surface area contributed by atoms with Crippen LogP contribution in [0.25, 0.3) is 44.5 Å². The number of methoxy groups -OCH3 is 3. The number of benzene rings is 4. The predicted molar refractivity (Wildman–Crippen MR) is 254 cm³/mol. The summed E-state index contributed by atoms with van der Waals surface area (Å²) in [6, 6.07) is 31.9. The molecule has 0 aliphatic rings. The zero-order chi connectivity index (χ0) is 50.9. The summed E-state index contributed by atoms with van der Waals surface area (Å²) in [4.78, 5) is 47.9. The first-order valence-electron chi connectivity index (χ1n) is 20.1. The van der Waals surface area contributed by atoms with E-state index in [2.05, 4.69) is 19.9 Å². The topological polar surface area (TPSA) is 241 Å². The maximum Gasteiger partial charge on any atom is 0.358 e. The zero-order valence-corrected chi connectivity index (χ0v) is 38.2. The van der Waals surface area contributed by atoms with E-state index in [1.54, 1.807) is 54.6 Å². The highest BCUT2D eigenvalue weighted by atomic mass is 35.5. The van der Waals surface area contributed by atoms with Crippen molar-refractivity contribution in [1.82, 2.24) is 19.9 Å². The summed E-state index contributed by atoms with van der Waals surface area (Å²) in [6.45, 7) is 0. The highest BCUT2D eigenvalue weighted by Crippen LogP contribution is 2.29. The third kappa shape index (κ3) is 14.8. The SMILES string of the molecule is COc1cc(-c2cccc(F)c2)cnc1C#N.COc1cc(-c2cccc(F)c2)cnc1C(=O)O.COc1cc(-c2cccc(F)c2)cnc1C(N)=O.Cl.O=C(O)c1ncc(-c2cccc(F)c2)cc1O. The first-order valence-corrected chi connectivity index (χ1v) is 20.1. The van der Waals surface area contributed by atoms with Crippen molar-refractivity contribution in [2.24, 2.45) is 5.73 Å². The number of nitriles is 1. The highest BCUT2D eigenvalue weighted by molar-refractivity contribution is 5.94. The van der Waals surface area contributed by atoms with Crippen LogP contribution >= 0.6 is 12.4 Å². The summed E-state index contributed by atoms with van der Waals surface area (Å²) in [7, 11) is 4.24. The Morgan fingerprint density at radius 3 is 1.14 bits per heavy atom. The van der Waals surface area contributed by atoms with E-state index < -0.39 is 35.1 Å². The average Bonchev–Trinajstić information content (AvgIpc) is 3.36. The van der Waals surface area contributed by atoms with Crippen LogP contribution in [0.2, 0.25) is 0 Å². The maximum atomic E-state index is 13.1. The number of aromatic nitrogens is 4. The molecule has 0 unspecified atom stereocenters. The molecule has 20 heteroatoms. The van der Waals surface area contributed by atoms with Crippen LogP contribution in [-0.4, -0.2) is 74.4 Å². The monoisotopic (exact) mass is 990 g/mol. The first-order chi connectivity index (χ1) is 33.5. The number of carboxylic acids is 2. The Morgan fingerprint density at radius 1 is 0.493 bits per heavy atom. The summed E-state index contributed by atoms with van der Waals surface area (Å²) in [6.07, 6.45) is 5.63. The van der Waals surface area contributed by atoms with Crippen LogP contribution < -0.4 is 19.9 Å². The number of nitrogens with two attached hydrogens (primary N) is 1. The second-order valence-corrected chi connectivity index (χ2v) is 14.0. The largest absolute Gasteiger partial charge is 0.505 e. The Bertz CT molecular complexity index is 3130. The molecule has 4 aromatic carbocycles. The third-order valence-electron chi connectivity index (χ3n) is 9.46. The van der Waals surface area contributed by atoms with Gasteiger partial charge in [0.2, 0.25) is 0 Å². The van der Waals surface area contributed by atoms with Crippen molar-refractivity contribution >= 4 is 30.3 Å². The van der Waals surface area contributed by atoms with Crippen LogP contribution in [0.15, 0.2) is 146 Å². The normalized spacial score (nSPS) is 9.89. The number of rotatable bonds is 10. The molecule has 0 bridgehead atoms. The number of halogens is 5. The number of carboxylic acid groups (broad SMARTS) is 2. The van der Waals surface area contributed by atoms with Gasteiger partial charge < -0.3 is 35.3 Å². The van der Waals surface area contributed by atoms with Crippen LogP contribution in [0.1, 0.15) is 37.2 Å². The lowest BCUT2D eigenvalue weighted by Crippen LogP contribution is -2.14. The van der Waals surface area contributed by atoms with E-state index in [1.165, 1.54) is 113 Å². The summed E-state index contributed by atoms with van der Waals surface area (Å²) in [5.41, 5.74) is 9.71. The van der Waals surface area contributed by atoms with Crippen LogP contribution in [0.4, 0.5) is 17.6 Å². The lowest BCUT2D eigenvalue weighted by atomic mass is 10.1. The van der Waals surface area contributed by atoms with Gasteiger partial charge in [-0.25, -0.2) is 47.1 Å². The third-order valence-corrected chi connectivity index (χ3v) is 9.46. The number of aromatic hydroxyl groups is 1. The quantitative estimate of drug-likeness (QED) is 0.0933. The van der Waals surface area contributed by atoms with Crippen molar-refractivity contribution in [3.05, 3.63) is 192 Å². The van der Waals surface area contributed by atoms with Crippen molar-refractivity contribution < 1.29 is 61.5 Å². The number of carbonyl (C=O) groups excluding carboxylic acids is 1. The molecular weight excluding hydrogens is 952 g/mol. The molecule has 5 N–H and O–H groups in total. The minimum atomic E-state index is -1.31. The van der Waals surface area contributed by atoms with Crippen LogP contribution in [0.3, 0.4) is 0 Å². The number of amides is 1. The second-order valence-electron chi connectivity index (χ2n) is 14.0. The lowest BCUT2D eigenvalue weighted by molar-refractivity contribution is 0.0675. The van der Waals surface area contributed by atoms with Crippen molar-refractivity contribution in [3.8, 4) is 73.6 Å². The Morgan fingerprint density at radius 2 is 0.817 bits per heavy atom. The number of primary amides is 1. The fourth-order valence-electron chi connectivity index (χ4n) is 6.15. The number of aromatic carboxylic acids is 2. The van der Waals surface area contributed by atoms with Gasteiger partial charge in [-0.1, -0.05) is 48.5 Å². The number of ether oxygens (including phenoxy) is 3. The van der Waals surface area contributed by atoms with Gasteiger partial charge >= 0.3 is 11.9 Å². The standard InChI is InChI=1S/C13H11FN2O2.C13H9FN2O.C13H10FNO3.C12H8FNO3.ClH/c1-18-11-6-9(7-16-12(11)13(15)17)8-3-2-4-10(14)5-8;1-17-13-6-10(8-16-12(13)7-15)9-3-2-4-11(14)5-9;1-18-11-6-9(7-15-12(11)13(16)17)8-3-2-4-10(14)5-8;13-9-3-1-2-7(4-9)8-5-10(15)11(12(16)17)14-6-8;/h2-7H,1H3,(H2,15,17);2-6,8H,1H3;2-7H,1H3,(H,16,17);1-6,15H,(H,16,17);1H. The van der Waals surface area contributed by atoms with Crippen LogP contribution in [0.5, 0.6) is 23.0 Å². The molecule has 1 amide bonds. The van der Waals surface area contributed by atoms with E-state index in [4.69, 9.17) is 35.4 Å². The second kappa shape index (κ2) is 25.6. The minimum absolute atomic E-state index is 0. The number of hydrogen-bond acceptors (Lipinski definition) is 12. The summed E-state index contributed by atoms with van der Waals surface area (Å²) in [5, 5.41) is 35.8. The van der Waals surface area contributed by atoms with Gasteiger partial charge in [-0.15, -0.1) is 12.4 Å². The smallest absolute Gasteiger partial charge is 0.358 e. The molecule has 0 fully saturated rings. The fraction of sp³-hybridized carbons (Fsp3) is 0.0588. The van der Waals surface area contributed by atoms with Crippen LogP contribution in [-0.2, 0) is 0 Å². The molecule has 0 aliphatic carbocycles. The van der Waals surface area contributed by atoms with Gasteiger partial charge in [-0.3, -0.25) is 4.79 Å². The molecule has 4 aromatic heterocycles. The Balaban J connectivity index is 0.000000205. The molecule has 0 spiro atoms. The summed E-state index contributed by atoms with van der Waals surface area (Å²) < 4.78 is 67.3. The molecule has 0 aliphatic heterocycles. The molecule has 0 saturated carbocycles. The van der Waals surface area contributed by atoms with Gasteiger partial charge in [0.25, 0.3) is 5.91 Å². The summed E-state index contributed by atoms with van der Waals surface area (Å²) >= 11 is 0. The Hall–Kier alpha value is -9.41. The van der Waals surface area contributed by atoms with E-state index in [-0.39, 0.29) is 58.4 Å². The zero-order valence-electron chi connectivity index (χ0n) is 37.4. The van der Waals surface area contributed by atoms with Gasteiger partial charge in [0, 0.05) is 47.0 Å². The molecule has 362 valence electrons. The Kier molecular flexibility index (Phi) is 19.6. The highest BCUT2D eigenvalue weighted by Gasteiger charge is 2.16. The van der Waals surface area contributed by atoms with E-state index in [0.717, 1.165) is 0 Å². The van der Waals surface area contributed by atoms with Gasteiger partial charge in [0.05, 0.1) is 21.3 Å². The van der Waals surface area contributed by atoms with Crippen molar-refractivity contribution in [2.45, 2.75) is 0 Å². The number of hydrogen-bond donors (Lipinski definition) is 4. The molecule has 0 saturated heterocycles. The van der Waals surface area contributed by atoms with Crippen molar-refractivity contribution in [3.63, 3.8) is 0 Å². The Labute approximate surface area is 408 Å². The average molecular weight is 991 g/mol. The van der Waals surface area contributed by atoms with E-state index in [9.17, 15) is 37.1 Å². The first kappa shape index (κ1) is 54.2. The van der Waals surface area contributed by atoms with Gasteiger partial charge in [-0.2, -0.15) is 5.26 Å². The molecule has 71 heavy (non-hydrogen) atoms. The van der Waals surface area contributed by atoms with E-state index in [1.807, 2.05) is 6.07 Å². The van der Waals surface area contributed by atoms with E-state index >= 15 is 0 Å². The molecule has 8 aromatic rings. The molecule has 0 radical (unpaired) electrons. The number of nitrogens with zero attached hydrogens (tertiary/aromatic N) is 5. The number of carbonyl (C=O) groups is 3. The minimum Gasteiger partial charge on any atom is -0.505 e. The van der Waals surface area contributed by atoms with Crippen molar-refractivity contribution in [2.75, 3.05) is 21.3 Å². The number of pyridine rings is 4. The molecular formula is C51H39ClF4N6O9. The van der Waals surface area contributed by atoms with Gasteiger partial charge in [0.1, 0.15) is 35.1 Å². The van der Waals surface area contributed by atoms with Gasteiger partial charge in [-0.05, 0) is 95.1 Å². The maximum absolute atomic E-state index is 13.1. The molecule has 15 nitrogen and oxygen atoms in total. The lowest BCUT2D eigenvalue weighted by Gasteiger charge is -2.07. The summed E-state index contributed by atoms with van der Waals surface area (Å²) in [5.74, 6) is -4.24. The van der Waals surface area contributed by atoms with Crippen molar-refractivity contribution in [1.29, 1.82) is 5.26 Å².